The van der Waals surface area contributed by atoms with Gasteiger partial charge in [-0.05, 0) is 31.5 Å². The summed E-state index contributed by atoms with van der Waals surface area (Å²) in [6.07, 6.45) is 2.88. The van der Waals surface area contributed by atoms with Crippen LogP contribution in [0.25, 0.3) is 5.57 Å². The summed E-state index contributed by atoms with van der Waals surface area (Å²) in [5.74, 6) is -0.0189. The first-order chi connectivity index (χ1) is 9.20. The Morgan fingerprint density at radius 2 is 2.11 bits per heavy atom. The van der Waals surface area contributed by atoms with Crippen LogP contribution in [0.2, 0.25) is 0 Å². The summed E-state index contributed by atoms with van der Waals surface area (Å²) in [4.78, 5) is 0. The summed E-state index contributed by atoms with van der Waals surface area (Å²) in [6.45, 7) is 4.30. The zero-order valence-electron chi connectivity index (χ0n) is 11.8. The minimum absolute atomic E-state index is 0.281. The Labute approximate surface area is 114 Å². The second kappa shape index (κ2) is 8.67. The summed E-state index contributed by atoms with van der Waals surface area (Å²) in [6, 6.07) is 5.19. The van der Waals surface area contributed by atoms with Crippen LogP contribution in [-0.4, -0.2) is 33.9 Å². The lowest BCUT2D eigenvalue weighted by Gasteiger charge is -2.08. The topological polar surface area (TPSA) is 30.5 Å². The van der Waals surface area contributed by atoms with Crippen molar-refractivity contribution in [3.05, 3.63) is 35.7 Å². The molecule has 4 heteroatoms. The summed E-state index contributed by atoms with van der Waals surface area (Å²) >= 11 is 0. The first-order valence-corrected chi connectivity index (χ1v) is 6.40. The van der Waals surface area contributed by atoms with Crippen molar-refractivity contribution in [1.29, 1.82) is 0 Å². The van der Waals surface area contributed by atoms with Crippen molar-refractivity contribution in [3.8, 4) is 5.75 Å². The Morgan fingerprint density at radius 3 is 2.79 bits per heavy atom. The molecule has 3 nitrogen and oxygen atoms in total. The van der Waals surface area contributed by atoms with Crippen LogP contribution < -0.4 is 10.1 Å². The Hall–Kier alpha value is -1.39. The van der Waals surface area contributed by atoms with E-state index in [-0.39, 0.29) is 11.6 Å². The van der Waals surface area contributed by atoms with Gasteiger partial charge in [0.1, 0.15) is 0 Å². The Morgan fingerprint density at radius 1 is 1.32 bits per heavy atom. The van der Waals surface area contributed by atoms with Crippen molar-refractivity contribution >= 4 is 5.57 Å². The van der Waals surface area contributed by atoms with E-state index in [2.05, 4.69) is 5.32 Å². The molecule has 0 bridgehead atoms. The van der Waals surface area contributed by atoms with Crippen LogP contribution in [0, 0.1) is 5.82 Å². The Balaban J connectivity index is 2.54. The minimum atomic E-state index is -0.300. The van der Waals surface area contributed by atoms with E-state index >= 15 is 0 Å². The molecular weight excluding hydrogens is 245 g/mol. The number of nitrogens with one attached hydrogen (secondary N) is 1. The number of rotatable bonds is 8. The van der Waals surface area contributed by atoms with E-state index in [0.717, 1.165) is 25.1 Å². The van der Waals surface area contributed by atoms with Gasteiger partial charge in [-0.1, -0.05) is 18.2 Å². The molecule has 0 fully saturated rings. The molecule has 0 radical (unpaired) electrons. The van der Waals surface area contributed by atoms with Crippen LogP contribution in [0.4, 0.5) is 4.39 Å². The van der Waals surface area contributed by atoms with Gasteiger partial charge in [0.2, 0.25) is 0 Å². The fourth-order valence-corrected chi connectivity index (χ4v) is 1.77. The molecule has 1 aromatic rings. The number of ether oxygens (including phenoxy) is 2. The molecule has 106 valence electrons. The zero-order chi connectivity index (χ0) is 14.1. The van der Waals surface area contributed by atoms with Crippen molar-refractivity contribution in [2.24, 2.45) is 0 Å². The second-order valence-electron chi connectivity index (χ2n) is 4.24. The number of halogens is 1. The van der Waals surface area contributed by atoms with E-state index in [1.54, 1.807) is 25.3 Å². The van der Waals surface area contributed by atoms with Gasteiger partial charge in [0, 0.05) is 19.2 Å². The van der Waals surface area contributed by atoms with Crippen LogP contribution >= 0.6 is 0 Å². The van der Waals surface area contributed by atoms with Gasteiger partial charge < -0.3 is 14.8 Å². The first kappa shape index (κ1) is 15.7. The SMILES string of the molecule is COCCNCC/C=C(/C)c1cccc(OC)c1F. The van der Waals surface area contributed by atoms with Gasteiger partial charge in [0.05, 0.1) is 13.7 Å². The molecule has 0 aliphatic rings. The minimum Gasteiger partial charge on any atom is -0.494 e. The summed E-state index contributed by atoms with van der Waals surface area (Å²) in [7, 11) is 3.15. The number of hydrogen-bond donors (Lipinski definition) is 1. The van der Waals surface area contributed by atoms with E-state index in [9.17, 15) is 4.39 Å². The summed E-state index contributed by atoms with van der Waals surface area (Å²) < 4.78 is 23.9. The standard InChI is InChI=1S/C15H22FNO2/c1-12(6-5-9-17-10-11-18-2)13-7-4-8-14(19-3)15(13)16/h4,6-8,17H,5,9-11H2,1-3H3/b12-6-. The monoisotopic (exact) mass is 267 g/mol. The maximum atomic E-state index is 14.0. The number of benzene rings is 1. The van der Waals surface area contributed by atoms with Gasteiger partial charge in [-0.15, -0.1) is 0 Å². The van der Waals surface area contributed by atoms with Crippen LogP contribution in [0.1, 0.15) is 18.9 Å². The molecule has 19 heavy (non-hydrogen) atoms. The van der Waals surface area contributed by atoms with Gasteiger partial charge in [0.25, 0.3) is 0 Å². The molecule has 0 aliphatic carbocycles. The van der Waals surface area contributed by atoms with Crippen LogP contribution in [0.15, 0.2) is 24.3 Å². The number of hydrogen-bond acceptors (Lipinski definition) is 3. The van der Waals surface area contributed by atoms with Crippen molar-refractivity contribution in [3.63, 3.8) is 0 Å². The largest absolute Gasteiger partial charge is 0.494 e. The molecule has 0 saturated carbocycles. The molecule has 0 amide bonds. The first-order valence-electron chi connectivity index (χ1n) is 6.40. The van der Waals surface area contributed by atoms with Gasteiger partial charge in [-0.3, -0.25) is 0 Å². The third-order valence-corrected chi connectivity index (χ3v) is 2.86. The van der Waals surface area contributed by atoms with Gasteiger partial charge >= 0.3 is 0 Å². The van der Waals surface area contributed by atoms with Gasteiger partial charge in [-0.25, -0.2) is 4.39 Å². The maximum Gasteiger partial charge on any atom is 0.172 e. The quantitative estimate of drug-likeness (QED) is 0.735. The predicted molar refractivity (Wildman–Crippen MR) is 76.0 cm³/mol. The lowest BCUT2D eigenvalue weighted by Crippen LogP contribution is -2.19. The fourth-order valence-electron chi connectivity index (χ4n) is 1.77. The molecule has 0 spiro atoms. The van der Waals surface area contributed by atoms with Crippen molar-refractivity contribution in [2.75, 3.05) is 33.9 Å². The smallest absolute Gasteiger partial charge is 0.172 e. The summed E-state index contributed by atoms with van der Waals surface area (Å²) in [5, 5.41) is 3.24. The number of methoxy groups -OCH3 is 2. The highest BCUT2D eigenvalue weighted by Gasteiger charge is 2.08. The van der Waals surface area contributed by atoms with E-state index in [1.807, 2.05) is 13.0 Å². The molecule has 0 heterocycles. The molecule has 0 aromatic heterocycles. The van der Waals surface area contributed by atoms with E-state index in [0.29, 0.717) is 12.2 Å². The Bertz CT molecular complexity index is 419. The molecule has 0 saturated heterocycles. The van der Waals surface area contributed by atoms with Crippen molar-refractivity contribution < 1.29 is 13.9 Å². The van der Waals surface area contributed by atoms with Crippen molar-refractivity contribution in [2.45, 2.75) is 13.3 Å². The average Bonchev–Trinajstić information content (AvgIpc) is 2.42. The van der Waals surface area contributed by atoms with Crippen molar-refractivity contribution in [1.82, 2.24) is 5.32 Å². The molecule has 1 aromatic carbocycles. The normalized spacial score (nSPS) is 11.7. The highest BCUT2D eigenvalue weighted by atomic mass is 19.1. The maximum absolute atomic E-state index is 14.0. The fraction of sp³-hybridized carbons (Fsp3) is 0.467. The zero-order valence-corrected chi connectivity index (χ0v) is 11.8. The third-order valence-electron chi connectivity index (χ3n) is 2.86. The second-order valence-corrected chi connectivity index (χ2v) is 4.24. The number of allylic oxidation sites excluding steroid dienone is 1. The van der Waals surface area contributed by atoms with Crippen LogP contribution in [0.3, 0.4) is 0 Å². The molecule has 0 unspecified atom stereocenters. The molecular formula is C15H22FNO2. The van der Waals surface area contributed by atoms with E-state index in [4.69, 9.17) is 9.47 Å². The highest BCUT2D eigenvalue weighted by Crippen LogP contribution is 2.25. The van der Waals surface area contributed by atoms with E-state index in [1.165, 1.54) is 7.11 Å². The molecule has 1 rings (SSSR count). The van der Waals surface area contributed by atoms with Crippen LogP contribution in [-0.2, 0) is 4.74 Å². The molecule has 0 atom stereocenters. The molecule has 1 N–H and O–H groups in total. The molecule has 0 aliphatic heterocycles. The van der Waals surface area contributed by atoms with Crippen LogP contribution in [0.5, 0.6) is 5.75 Å². The highest BCUT2D eigenvalue weighted by molar-refractivity contribution is 5.65. The van der Waals surface area contributed by atoms with Gasteiger partial charge in [-0.2, -0.15) is 0 Å². The summed E-state index contributed by atoms with van der Waals surface area (Å²) in [5.41, 5.74) is 1.51. The average molecular weight is 267 g/mol. The lowest BCUT2D eigenvalue weighted by molar-refractivity contribution is 0.199. The van der Waals surface area contributed by atoms with Gasteiger partial charge in [0.15, 0.2) is 11.6 Å². The predicted octanol–water partition coefficient (Wildman–Crippen LogP) is 2.86. The van der Waals surface area contributed by atoms with E-state index < -0.39 is 0 Å². The Kier molecular flexibility index (Phi) is 7.15. The lowest BCUT2D eigenvalue weighted by atomic mass is 10.1. The third kappa shape index (κ3) is 5.01.